The summed E-state index contributed by atoms with van der Waals surface area (Å²) < 4.78 is 0. The summed E-state index contributed by atoms with van der Waals surface area (Å²) in [7, 11) is 0. The molecule has 0 heterocycles. The van der Waals surface area contributed by atoms with Crippen molar-refractivity contribution in [3.05, 3.63) is 130 Å². The van der Waals surface area contributed by atoms with Crippen LogP contribution in [0.3, 0.4) is 0 Å². The molecular formula is C48H52O6. The first kappa shape index (κ1) is 36.7. The third-order valence-electron chi connectivity index (χ3n) is 13.3. The summed E-state index contributed by atoms with van der Waals surface area (Å²) in [6, 6.07) is 29.6. The number of ketones is 3. The molecule has 3 N–H and O–H groups in total. The van der Waals surface area contributed by atoms with Crippen molar-refractivity contribution < 1.29 is 29.7 Å². The molecule has 280 valence electrons. The monoisotopic (exact) mass is 724 g/mol. The molecule has 6 heteroatoms. The highest BCUT2D eigenvalue weighted by Crippen LogP contribution is 2.53. The van der Waals surface area contributed by atoms with Gasteiger partial charge < -0.3 is 15.3 Å². The van der Waals surface area contributed by atoms with Crippen LogP contribution in [0.15, 0.2) is 91.0 Å². The summed E-state index contributed by atoms with van der Waals surface area (Å²) in [5.74, 6) is -0.644. The van der Waals surface area contributed by atoms with E-state index in [1.807, 2.05) is 72.8 Å². The maximum Gasteiger partial charge on any atom is 0.194 e. The van der Waals surface area contributed by atoms with Crippen LogP contribution in [0.25, 0.3) is 11.1 Å². The summed E-state index contributed by atoms with van der Waals surface area (Å²) >= 11 is 0. The molecule has 0 aromatic heterocycles. The van der Waals surface area contributed by atoms with Gasteiger partial charge in [-0.15, -0.1) is 0 Å². The first-order valence-corrected chi connectivity index (χ1v) is 20.3. The molecule has 0 spiro atoms. The SMILES string of the molecule is O=C(c1ccc(CC2(Cc3ccc(C(=O)C4(O)CCCCC4)cc3)c3ccccc3-c3ccc(C(=O)C4(O)CCCCC4)cc32)cc1)C1(O)CCCCC1. The minimum absolute atomic E-state index is 0.212. The first-order valence-electron chi connectivity index (χ1n) is 20.3. The van der Waals surface area contributed by atoms with Crippen LogP contribution in [0.2, 0.25) is 0 Å². The Morgan fingerprint density at radius 1 is 0.426 bits per heavy atom. The van der Waals surface area contributed by atoms with Gasteiger partial charge in [0.05, 0.1) is 0 Å². The highest BCUT2D eigenvalue weighted by atomic mass is 16.3. The Balaban J connectivity index is 1.19. The van der Waals surface area contributed by atoms with Gasteiger partial charge in [-0.2, -0.15) is 0 Å². The van der Waals surface area contributed by atoms with E-state index in [1.54, 1.807) is 0 Å². The number of rotatable bonds is 10. The topological polar surface area (TPSA) is 112 Å². The van der Waals surface area contributed by atoms with Crippen molar-refractivity contribution in [3.8, 4) is 11.1 Å². The number of hydrogen-bond donors (Lipinski definition) is 3. The summed E-state index contributed by atoms with van der Waals surface area (Å²) in [5.41, 5.74) is 3.25. The molecule has 0 unspecified atom stereocenters. The summed E-state index contributed by atoms with van der Waals surface area (Å²) in [5, 5.41) is 34.0. The van der Waals surface area contributed by atoms with Crippen molar-refractivity contribution in [1.82, 2.24) is 0 Å². The Morgan fingerprint density at radius 2 is 0.796 bits per heavy atom. The van der Waals surface area contributed by atoms with Gasteiger partial charge in [-0.1, -0.05) is 143 Å². The van der Waals surface area contributed by atoms with E-state index in [0.717, 1.165) is 91.2 Å². The van der Waals surface area contributed by atoms with E-state index in [-0.39, 0.29) is 17.3 Å². The molecule has 0 bridgehead atoms. The third-order valence-corrected chi connectivity index (χ3v) is 13.3. The Kier molecular flexibility index (Phi) is 9.83. The predicted molar refractivity (Wildman–Crippen MR) is 210 cm³/mol. The van der Waals surface area contributed by atoms with E-state index in [0.29, 0.717) is 68.1 Å². The van der Waals surface area contributed by atoms with Gasteiger partial charge in [0, 0.05) is 22.1 Å². The molecule has 0 radical (unpaired) electrons. The van der Waals surface area contributed by atoms with Crippen LogP contribution in [0.5, 0.6) is 0 Å². The van der Waals surface area contributed by atoms with Crippen molar-refractivity contribution in [3.63, 3.8) is 0 Å². The summed E-state index contributed by atoms with van der Waals surface area (Å²) in [4.78, 5) is 41.1. The zero-order chi connectivity index (χ0) is 37.6. The van der Waals surface area contributed by atoms with Gasteiger partial charge in [-0.25, -0.2) is 0 Å². The van der Waals surface area contributed by atoms with E-state index in [2.05, 4.69) is 18.2 Å². The zero-order valence-electron chi connectivity index (χ0n) is 31.2. The predicted octanol–water partition coefficient (Wildman–Crippen LogP) is 9.07. The lowest BCUT2D eigenvalue weighted by Crippen LogP contribution is -2.40. The van der Waals surface area contributed by atoms with Crippen LogP contribution in [0.1, 0.15) is 150 Å². The van der Waals surface area contributed by atoms with Crippen LogP contribution in [-0.4, -0.2) is 49.5 Å². The highest BCUT2D eigenvalue weighted by molar-refractivity contribution is 6.04. The van der Waals surface area contributed by atoms with Gasteiger partial charge in [0.2, 0.25) is 0 Å². The molecule has 0 saturated heterocycles. The molecule has 6 nitrogen and oxygen atoms in total. The van der Waals surface area contributed by atoms with Crippen molar-refractivity contribution in [2.24, 2.45) is 0 Å². The zero-order valence-corrected chi connectivity index (χ0v) is 31.2. The van der Waals surface area contributed by atoms with Gasteiger partial charge in [-0.3, -0.25) is 14.4 Å². The van der Waals surface area contributed by atoms with Gasteiger partial charge in [-0.05, 0) is 90.8 Å². The van der Waals surface area contributed by atoms with E-state index in [9.17, 15) is 29.7 Å². The standard InChI is InChI=1S/C48H52O6/c49-42(46(52)24-6-1-7-25-46)35-18-14-33(15-19-35)31-45(32-34-16-20-36(21-17-34)43(50)47(53)26-8-2-9-27-47)40-13-5-4-12-38(40)39-23-22-37(30-41(39)45)44(51)48(54)28-10-3-11-29-48/h4-5,12-23,30,52-54H,1-3,6-11,24-29,31-32H2. The molecule has 4 aromatic carbocycles. The van der Waals surface area contributed by atoms with Crippen LogP contribution in [-0.2, 0) is 18.3 Å². The number of Topliss-reactive ketones (excluding diaryl/α,β-unsaturated/α-hetero) is 3. The lowest BCUT2D eigenvalue weighted by atomic mass is 9.69. The second-order valence-corrected chi connectivity index (χ2v) is 16.9. The van der Waals surface area contributed by atoms with Crippen LogP contribution < -0.4 is 0 Å². The van der Waals surface area contributed by atoms with Gasteiger partial charge >= 0.3 is 0 Å². The van der Waals surface area contributed by atoms with Crippen LogP contribution in [0, 0.1) is 0 Å². The van der Waals surface area contributed by atoms with Crippen molar-refractivity contribution in [2.45, 2.75) is 131 Å². The summed E-state index contributed by atoms with van der Waals surface area (Å²) in [6.45, 7) is 0. The maximum atomic E-state index is 14.1. The molecule has 8 rings (SSSR count). The quantitative estimate of drug-likeness (QED) is 0.141. The van der Waals surface area contributed by atoms with Crippen molar-refractivity contribution in [2.75, 3.05) is 0 Å². The van der Waals surface area contributed by atoms with Crippen LogP contribution >= 0.6 is 0 Å². The molecule has 4 aliphatic carbocycles. The van der Waals surface area contributed by atoms with E-state index < -0.39 is 22.2 Å². The lowest BCUT2D eigenvalue weighted by Gasteiger charge is -2.34. The smallest absolute Gasteiger partial charge is 0.194 e. The number of carbonyl (C=O) groups is 3. The molecule has 4 aliphatic rings. The summed E-state index contributed by atoms with van der Waals surface area (Å²) in [6.07, 6.45) is 12.2. The fourth-order valence-electron chi connectivity index (χ4n) is 10.2. The average molecular weight is 725 g/mol. The first-order chi connectivity index (χ1) is 26.0. The second-order valence-electron chi connectivity index (χ2n) is 16.9. The van der Waals surface area contributed by atoms with Gasteiger partial charge in [0.25, 0.3) is 0 Å². The minimum Gasteiger partial charge on any atom is -0.382 e. The third kappa shape index (κ3) is 6.61. The van der Waals surface area contributed by atoms with E-state index in [1.165, 1.54) is 0 Å². The molecule has 3 saturated carbocycles. The second kappa shape index (κ2) is 14.4. The number of fused-ring (bicyclic) bond motifs is 3. The Morgan fingerprint density at radius 3 is 1.24 bits per heavy atom. The molecule has 54 heavy (non-hydrogen) atoms. The Hall–Kier alpha value is -4.23. The Labute approximate surface area is 318 Å². The number of hydrogen-bond acceptors (Lipinski definition) is 6. The number of aliphatic hydroxyl groups is 3. The van der Waals surface area contributed by atoms with E-state index >= 15 is 0 Å². The Bertz CT molecular complexity index is 1960. The molecule has 3 fully saturated rings. The molecular weight excluding hydrogens is 673 g/mol. The highest BCUT2D eigenvalue weighted by Gasteiger charge is 2.46. The maximum absolute atomic E-state index is 14.1. The largest absolute Gasteiger partial charge is 0.382 e. The van der Waals surface area contributed by atoms with Gasteiger partial charge in [0.15, 0.2) is 17.3 Å². The van der Waals surface area contributed by atoms with Gasteiger partial charge in [0.1, 0.15) is 16.8 Å². The van der Waals surface area contributed by atoms with Crippen molar-refractivity contribution in [1.29, 1.82) is 0 Å². The lowest BCUT2D eigenvalue weighted by molar-refractivity contribution is 0.0116. The van der Waals surface area contributed by atoms with E-state index in [4.69, 9.17) is 0 Å². The average Bonchev–Trinajstić information content (AvgIpc) is 3.46. The molecule has 4 aromatic rings. The van der Waals surface area contributed by atoms with Crippen molar-refractivity contribution >= 4 is 17.3 Å². The fraction of sp³-hybridized carbons (Fsp3) is 0.438. The normalized spacial score (nSPS) is 20.7. The fourth-order valence-corrected chi connectivity index (χ4v) is 10.2. The molecule has 0 amide bonds. The molecule has 0 aliphatic heterocycles. The molecule has 0 atom stereocenters. The number of carbonyl (C=O) groups excluding carboxylic acids is 3. The van der Waals surface area contributed by atoms with Crippen LogP contribution in [0.4, 0.5) is 0 Å². The minimum atomic E-state index is -1.36. The number of benzene rings is 4.